The highest BCUT2D eigenvalue weighted by atomic mass is 16.7. The Labute approximate surface area is 138 Å². The maximum Gasteiger partial charge on any atom is 0.172 e. The smallest absolute Gasteiger partial charge is 0.172 e. The van der Waals surface area contributed by atoms with E-state index in [9.17, 15) is 0 Å². The summed E-state index contributed by atoms with van der Waals surface area (Å²) in [6.07, 6.45) is 12.5. The number of hydrogen-bond acceptors (Lipinski definition) is 4. The van der Waals surface area contributed by atoms with E-state index in [2.05, 4.69) is 32.3 Å². The number of rotatable bonds is 2. The minimum Gasteiger partial charge on any atom is -0.347 e. The maximum absolute atomic E-state index is 5.79. The van der Waals surface area contributed by atoms with Crippen molar-refractivity contribution in [3.63, 3.8) is 0 Å². The van der Waals surface area contributed by atoms with Gasteiger partial charge in [-0.3, -0.25) is 5.10 Å². The molecule has 6 heteroatoms. The SMILES string of the molecule is C1=C(c2cnc3[nH]cc(-c4cn[nH]c4)c3c2)CCC2(C1)OCCO2. The van der Waals surface area contributed by atoms with Crippen LogP contribution in [-0.2, 0) is 9.47 Å². The molecule has 0 radical (unpaired) electrons. The van der Waals surface area contributed by atoms with Crippen LogP contribution < -0.4 is 0 Å². The zero-order valence-electron chi connectivity index (χ0n) is 13.2. The van der Waals surface area contributed by atoms with Crippen molar-refractivity contribution in [2.45, 2.75) is 25.0 Å². The van der Waals surface area contributed by atoms with Crippen molar-refractivity contribution >= 4 is 16.6 Å². The molecular weight excluding hydrogens is 304 g/mol. The summed E-state index contributed by atoms with van der Waals surface area (Å²) in [5.41, 5.74) is 5.55. The van der Waals surface area contributed by atoms with Gasteiger partial charge < -0.3 is 14.5 Å². The third-order valence-corrected chi connectivity index (χ3v) is 4.96. The molecule has 1 aliphatic carbocycles. The van der Waals surface area contributed by atoms with Crippen molar-refractivity contribution in [2.24, 2.45) is 0 Å². The van der Waals surface area contributed by atoms with Gasteiger partial charge in [-0.1, -0.05) is 6.08 Å². The van der Waals surface area contributed by atoms with Gasteiger partial charge in [0.1, 0.15) is 5.65 Å². The summed E-state index contributed by atoms with van der Waals surface area (Å²) in [5, 5.41) is 8.02. The van der Waals surface area contributed by atoms with E-state index in [0.717, 1.165) is 41.4 Å². The molecule has 1 spiro atoms. The van der Waals surface area contributed by atoms with E-state index in [1.807, 2.05) is 24.8 Å². The molecule has 24 heavy (non-hydrogen) atoms. The molecule has 2 N–H and O–H groups in total. The normalized spacial score (nSPS) is 19.9. The van der Waals surface area contributed by atoms with E-state index in [-0.39, 0.29) is 5.79 Å². The van der Waals surface area contributed by atoms with E-state index in [4.69, 9.17) is 9.47 Å². The van der Waals surface area contributed by atoms with Crippen LogP contribution in [0.5, 0.6) is 0 Å². The number of pyridine rings is 1. The van der Waals surface area contributed by atoms with E-state index in [0.29, 0.717) is 13.2 Å². The van der Waals surface area contributed by atoms with Crippen LogP contribution in [0.1, 0.15) is 24.8 Å². The van der Waals surface area contributed by atoms with Gasteiger partial charge in [-0.25, -0.2) is 4.98 Å². The molecule has 0 unspecified atom stereocenters. The molecule has 0 bridgehead atoms. The molecular formula is C18H18N4O2. The van der Waals surface area contributed by atoms with Gasteiger partial charge in [0.05, 0.1) is 19.4 Å². The van der Waals surface area contributed by atoms with Gasteiger partial charge in [0.15, 0.2) is 5.79 Å². The Kier molecular flexibility index (Phi) is 3.08. The Bertz CT molecular complexity index is 904. The van der Waals surface area contributed by atoms with Crippen LogP contribution in [0, 0.1) is 0 Å². The lowest BCUT2D eigenvalue weighted by molar-refractivity contribution is -0.159. The number of H-pyrrole nitrogens is 2. The van der Waals surface area contributed by atoms with Crippen LogP contribution in [0.15, 0.2) is 36.9 Å². The summed E-state index contributed by atoms with van der Waals surface area (Å²) < 4.78 is 11.6. The average molecular weight is 322 g/mol. The van der Waals surface area contributed by atoms with Gasteiger partial charge in [0.2, 0.25) is 0 Å². The monoisotopic (exact) mass is 322 g/mol. The van der Waals surface area contributed by atoms with Crippen LogP contribution in [0.25, 0.3) is 27.7 Å². The zero-order valence-corrected chi connectivity index (χ0v) is 13.2. The minimum atomic E-state index is -0.378. The van der Waals surface area contributed by atoms with Crippen LogP contribution in [-0.4, -0.2) is 39.2 Å². The van der Waals surface area contributed by atoms with Crippen molar-refractivity contribution in [1.82, 2.24) is 20.2 Å². The first-order valence-electron chi connectivity index (χ1n) is 8.27. The molecule has 4 heterocycles. The molecule has 0 aromatic carbocycles. The summed E-state index contributed by atoms with van der Waals surface area (Å²) in [6.45, 7) is 1.40. The molecule has 0 amide bonds. The van der Waals surface area contributed by atoms with E-state index in [1.165, 1.54) is 11.1 Å². The molecule has 3 aromatic heterocycles. The van der Waals surface area contributed by atoms with Gasteiger partial charge in [-0.05, 0) is 23.6 Å². The standard InChI is InChI=1S/C18H18N4O2/c1-3-18(23-5-6-24-18)4-2-12(1)13-7-15-16(14-9-21-22-10-14)11-20-17(15)19-8-13/h1,7-11H,2-6H2,(H,19,20)(H,21,22). The third-order valence-electron chi connectivity index (χ3n) is 4.96. The Balaban J connectivity index is 1.51. The maximum atomic E-state index is 5.79. The number of ether oxygens (including phenoxy) is 2. The highest BCUT2D eigenvalue weighted by Gasteiger charge is 2.37. The summed E-state index contributed by atoms with van der Waals surface area (Å²) in [7, 11) is 0. The number of hydrogen-bond donors (Lipinski definition) is 2. The second kappa shape index (κ2) is 5.29. The fourth-order valence-corrected chi connectivity index (χ4v) is 3.65. The van der Waals surface area contributed by atoms with Crippen molar-refractivity contribution in [3.8, 4) is 11.1 Å². The number of allylic oxidation sites excluding steroid dienone is 1. The number of nitrogens with one attached hydrogen (secondary N) is 2. The Hall–Kier alpha value is -2.44. The number of aromatic amines is 2. The van der Waals surface area contributed by atoms with Crippen molar-refractivity contribution in [1.29, 1.82) is 0 Å². The molecule has 1 aliphatic heterocycles. The first-order chi connectivity index (χ1) is 11.8. The second-order valence-corrected chi connectivity index (χ2v) is 6.35. The lowest BCUT2D eigenvalue weighted by Crippen LogP contribution is -2.31. The summed E-state index contributed by atoms with van der Waals surface area (Å²) in [6, 6.07) is 2.21. The third kappa shape index (κ3) is 2.18. The second-order valence-electron chi connectivity index (χ2n) is 6.35. The lowest BCUT2D eigenvalue weighted by Gasteiger charge is -2.30. The van der Waals surface area contributed by atoms with Gasteiger partial charge in [0, 0.05) is 47.9 Å². The Morgan fingerprint density at radius 1 is 1.08 bits per heavy atom. The molecule has 122 valence electrons. The van der Waals surface area contributed by atoms with Crippen molar-refractivity contribution < 1.29 is 9.47 Å². The molecule has 3 aromatic rings. The Morgan fingerprint density at radius 2 is 2.00 bits per heavy atom. The molecule has 2 aliphatic rings. The molecule has 1 saturated heterocycles. The Morgan fingerprint density at radius 3 is 2.75 bits per heavy atom. The first-order valence-corrected chi connectivity index (χ1v) is 8.27. The first kappa shape index (κ1) is 13.9. The summed E-state index contributed by atoms with van der Waals surface area (Å²) >= 11 is 0. The predicted octanol–water partition coefficient (Wildman–Crippen LogP) is 3.26. The predicted molar refractivity (Wildman–Crippen MR) is 90.1 cm³/mol. The quantitative estimate of drug-likeness (QED) is 0.759. The van der Waals surface area contributed by atoms with Crippen LogP contribution >= 0.6 is 0 Å². The van der Waals surface area contributed by atoms with Crippen LogP contribution in [0.4, 0.5) is 0 Å². The molecule has 5 rings (SSSR count). The average Bonchev–Trinajstić information content (AvgIpc) is 3.35. The van der Waals surface area contributed by atoms with E-state index < -0.39 is 0 Å². The van der Waals surface area contributed by atoms with Gasteiger partial charge in [0.25, 0.3) is 0 Å². The topological polar surface area (TPSA) is 75.8 Å². The summed E-state index contributed by atoms with van der Waals surface area (Å²) in [5.74, 6) is -0.378. The van der Waals surface area contributed by atoms with E-state index >= 15 is 0 Å². The van der Waals surface area contributed by atoms with Crippen LogP contribution in [0.3, 0.4) is 0 Å². The highest BCUT2D eigenvalue weighted by Crippen LogP contribution is 2.39. The number of nitrogens with zero attached hydrogens (tertiary/aromatic N) is 2. The van der Waals surface area contributed by atoms with Crippen molar-refractivity contribution in [3.05, 3.63) is 42.5 Å². The van der Waals surface area contributed by atoms with Crippen molar-refractivity contribution in [2.75, 3.05) is 13.2 Å². The zero-order chi connectivity index (χ0) is 16.0. The van der Waals surface area contributed by atoms with E-state index in [1.54, 1.807) is 0 Å². The molecule has 1 fully saturated rings. The van der Waals surface area contributed by atoms with Gasteiger partial charge in [-0.2, -0.15) is 5.10 Å². The molecule has 0 atom stereocenters. The van der Waals surface area contributed by atoms with Gasteiger partial charge >= 0.3 is 0 Å². The fourth-order valence-electron chi connectivity index (χ4n) is 3.65. The summed E-state index contributed by atoms with van der Waals surface area (Å²) in [4.78, 5) is 7.82. The molecule has 0 saturated carbocycles. The fraction of sp³-hybridized carbons (Fsp3) is 0.333. The minimum absolute atomic E-state index is 0.378. The van der Waals surface area contributed by atoms with Crippen LogP contribution in [0.2, 0.25) is 0 Å². The highest BCUT2D eigenvalue weighted by molar-refractivity contribution is 5.94. The molecule has 6 nitrogen and oxygen atoms in total. The number of fused-ring (bicyclic) bond motifs is 1. The lowest BCUT2D eigenvalue weighted by atomic mass is 9.90. The number of aromatic nitrogens is 4. The van der Waals surface area contributed by atoms with Gasteiger partial charge in [-0.15, -0.1) is 0 Å². The largest absolute Gasteiger partial charge is 0.347 e.